The first-order valence-electron chi connectivity index (χ1n) is 8.86. The number of aliphatic carboxylic acids is 1. The Hall–Kier alpha value is -2.82. The number of hydrogen-bond acceptors (Lipinski definition) is 4. The zero-order chi connectivity index (χ0) is 18.4. The lowest BCUT2D eigenvalue weighted by atomic mass is 9.95. The van der Waals surface area contributed by atoms with Crippen LogP contribution in [-0.4, -0.2) is 22.7 Å². The lowest BCUT2D eigenvalue weighted by molar-refractivity contribution is -0.137. The van der Waals surface area contributed by atoms with Crippen molar-refractivity contribution in [2.75, 3.05) is 6.61 Å². The molecule has 0 saturated heterocycles. The predicted octanol–water partition coefficient (Wildman–Crippen LogP) is 4.53. The van der Waals surface area contributed by atoms with Gasteiger partial charge in [-0.25, -0.2) is 4.98 Å². The molecule has 0 saturated carbocycles. The quantitative estimate of drug-likeness (QED) is 0.754. The normalized spacial score (nSPS) is 16.3. The van der Waals surface area contributed by atoms with E-state index in [1.165, 1.54) is 0 Å². The van der Waals surface area contributed by atoms with Crippen molar-refractivity contribution in [3.8, 4) is 11.5 Å². The predicted molar refractivity (Wildman–Crippen MR) is 98.5 cm³/mol. The zero-order valence-corrected chi connectivity index (χ0v) is 14.9. The van der Waals surface area contributed by atoms with Crippen molar-refractivity contribution in [2.24, 2.45) is 5.92 Å². The Morgan fingerprint density at radius 3 is 2.85 bits per heavy atom. The Labute approximate surface area is 153 Å². The molecule has 0 fully saturated rings. The summed E-state index contributed by atoms with van der Waals surface area (Å²) in [6.45, 7) is 2.44. The van der Waals surface area contributed by atoms with Crippen LogP contribution in [0, 0.1) is 12.8 Å². The van der Waals surface area contributed by atoms with E-state index in [2.05, 4.69) is 4.98 Å². The van der Waals surface area contributed by atoms with Gasteiger partial charge in [-0.3, -0.25) is 4.79 Å². The second-order valence-electron chi connectivity index (χ2n) is 6.38. The molecular formula is C21H23NO4. The van der Waals surface area contributed by atoms with Gasteiger partial charge < -0.3 is 14.3 Å². The minimum Gasteiger partial charge on any atom is -0.494 e. The minimum absolute atomic E-state index is 0.203. The SMILES string of the molecule is Cc1oc(-c2ccccc2)nc1CCOC1=CCC(CCC(=O)O)C=C1. The topological polar surface area (TPSA) is 72.6 Å². The average Bonchev–Trinajstić information content (AvgIpc) is 3.03. The minimum atomic E-state index is -0.748. The van der Waals surface area contributed by atoms with E-state index in [-0.39, 0.29) is 12.3 Å². The van der Waals surface area contributed by atoms with E-state index in [4.69, 9.17) is 14.3 Å². The molecule has 0 spiro atoms. The molecule has 1 heterocycles. The molecule has 136 valence electrons. The van der Waals surface area contributed by atoms with Crippen LogP contribution in [0.3, 0.4) is 0 Å². The standard InChI is InChI=1S/C21H23NO4/c1-15-19(22-21(26-15)17-5-3-2-4-6-17)13-14-25-18-10-7-16(8-11-18)9-12-20(23)24/h2-7,10-11,16H,8-9,12-14H2,1H3,(H,23,24). The molecule has 1 unspecified atom stereocenters. The van der Waals surface area contributed by atoms with Crippen molar-refractivity contribution < 1.29 is 19.1 Å². The third-order valence-corrected chi connectivity index (χ3v) is 4.40. The van der Waals surface area contributed by atoms with Crippen LogP contribution in [0.15, 0.2) is 58.7 Å². The summed E-state index contributed by atoms with van der Waals surface area (Å²) in [6, 6.07) is 9.84. The van der Waals surface area contributed by atoms with Crippen LogP contribution in [0.1, 0.15) is 30.7 Å². The molecule has 0 aliphatic heterocycles. The van der Waals surface area contributed by atoms with Crippen LogP contribution in [0.25, 0.3) is 11.5 Å². The number of carbonyl (C=O) groups is 1. The summed E-state index contributed by atoms with van der Waals surface area (Å²) in [7, 11) is 0. The Balaban J connectivity index is 1.48. The molecule has 2 aromatic rings. The summed E-state index contributed by atoms with van der Waals surface area (Å²) >= 11 is 0. The summed E-state index contributed by atoms with van der Waals surface area (Å²) in [4.78, 5) is 15.2. The maximum atomic E-state index is 10.6. The van der Waals surface area contributed by atoms with Crippen LogP contribution in [0.2, 0.25) is 0 Å². The number of ether oxygens (including phenoxy) is 1. The Morgan fingerprint density at radius 2 is 2.15 bits per heavy atom. The van der Waals surface area contributed by atoms with Gasteiger partial charge in [0.1, 0.15) is 11.5 Å². The molecule has 1 aliphatic rings. The van der Waals surface area contributed by atoms with Crippen molar-refractivity contribution in [1.82, 2.24) is 4.98 Å². The molecule has 0 amide bonds. The van der Waals surface area contributed by atoms with Gasteiger partial charge in [-0.05, 0) is 50.0 Å². The second kappa shape index (κ2) is 8.52. The van der Waals surface area contributed by atoms with Crippen LogP contribution in [0.4, 0.5) is 0 Å². The number of aromatic nitrogens is 1. The number of hydrogen-bond donors (Lipinski definition) is 1. The maximum Gasteiger partial charge on any atom is 0.303 e. The van der Waals surface area contributed by atoms with Gasteiger partial charge >= 0.3 is 5.97 Å². The molecule has 1 aromatic carbocycles. The zero-order valence-electron chi connectivity index (χ0n) is 14.9. The maximum absolute atomic E-state index is 10.6. The van der Waals surface area contributed by atoms with Gasteiger partial charge in [0.15, 0.2) is 0 Å². The van der Waals surface area contributed by atoms with Crippen LogP contribution in [-0.2, 0) is 16.0 Å². The number of benzene rings is 1. The molecule has 5 nitrogen and oxygen atoms in total. The van der Waals surface area contributed by atoms with E-state index >= 15 is 0 Å². The van der Waals surface area contributed by atoms with E-state index in [1.807, 2.05) is 55.5 Å². The molecule has 26 heavy (non-hydrogen) atoms. The smallest absolute Gasteiger partial charge is 0.303 e. The van der Waals surface area contributed by atoms with Crippen LogP contribution < -0.4 is 0 Å². The van der Waals surface area contributed by atoms with Crippen molar-refractivity contribution in [1.29, 1.82) is 0 Å². The summed E-state index contributed by atoms with van der Waals surface area (Å²) in [6.07, 6.45) is 8.35. The highest BCUT2D eigenvalue weighted by molar-refractivity contribution is 5.66. The summed E-state index contributed by atoms with van der Waals surface area (Å²) < 4.78 is 11.6. The second-order valence-corrected chi connectivity index (χ2v) is 6.38. The molecular weight excluding hydrogens is 330 g/mol. The highest BCUT2D eigenvalue weighted by Gasteiger charge is 2.13. The number of aryl methyl sites for hydroxylation is 1. The largest absolute Gasteiger partial charge is 0.494 e. The van der Waals surface area contributed by atoms with E-state index in [9.17, 15) is 4.79 Å². The average molecular weight is 353 g/mol. The van der Waals surface area contributed by atoms with Crippen molar-refractivity contribution in [2.45, 2.75) is 32.6 Å². The Morgan fingerprint density at radius 1 is 1.35 bits per heavy atom. The molecule has 1 aromatic heterocycles. The van der Waals surface area contributed by atoms with Gasteiger partial charge in [0, 0.05) is 18.4 Å². The van der Waals surface area contributed by atoms with Crippen molar-refractivity contribution in [3.05, 3.63) is 65.8 Å². The summed E-state index contributed by atoms with van der Waals surface area (Å²) in [5.74, 6) is 1.82. The van der Waals surface area contributed by atoms with Crippen LogP contribution >= 0.6 is 0 Å². The number of carboxylic acid groups (broad SMARTS) is 1. The molecule has 1 atom stereocenters. The third kappa shape index (κ3) is 4.85. The van der Waals surface area contributed by atoms with Gasteiger partial charge in [-0.1, -0.05) is 24.3 Å². The lowest BCUT2D eigenvalue weighted by Gasteiger charge is -2.15. The molecule has 0 radical (unpaired) electrons. The van der Waals surface area contributed by atoms with E-state index in [0.29, 0.717) is 25.3 Å². The number of allylic oxidation sites excluding steroid dienone is 3. The van der Waals surface area contributed by atoms with Crippen molar-refractivity contribution >= 4 is 5.97 Å². The fourth-order valence-electron chi connectivity index (χ4n) is 2.90. The van der Waals surface area contributed by atoms with Gasteiger partial charge in [0.25, 0.3) is 0 Å². The first kappa shape index (κ1) is 18.0. The molecule has 5 heteroatoms. The highest BCUT2D eigenvalue weighted by Crippen LogP contribution is 2.23. The highest BCUT2D eigenvalue weighted by atomic mass is 16.5. The first-order valence-corrected chi connectivity index (χ1v) is 8.86. The number of nitrogens with zero attached hydrogens (tertiary/aromatic N) is 1. The first-order chi connectivity index (χ1) is 12.6. The molecule has 3 rings (SSSR count). The van der Waals surface area contributed by atoms with E-state index in [1.54, 1.807) is 0 Å². The van der Waals surface area contributed by atoms with Crippen molar-refractivity contribution in [3.63, 3.8) is 0 Å². The number of carboxylic acids is 1. The van der Waals surface area contributed by atoms with Gasteiger partial charge in [-0.2, -0.15) is 0 Å². The molecule has 0 bridgehead atoms. The van der Waals surface area contributed by atoms with Crippen LogP contribution in [0.5, 0.6) is 0 Å². The summed E-state index contributed by atoms with van der Waals surface area (Å²) in [5.41, 5.74) is 1.87. The molecule has 1 aliphatic carbocycles. The fraction of sp³-hybridized carbons (Fsp3) is 0.333. The number of rotatable bonds is 8. The third-order valence-electron chi connectivity index (χ3n) is 4.40. The van der Waals surface area contributed by atoms with Gasteiger partial charge in [0.2, 0.25) is 5.89 Å². The van der Waals surface area contributed by atoms with E-state index < -0.39 is 5.97 Å². The monoisotopic (exact) mass is 353 g/mol. The van der Waals surface area contributed by atoms with E-state index in [0.717, 1.165) is 29.2 Å². The fourth-order valence-corrected chi connectivity index (χ4v) is 2.90. The van der Waals surface area contributed by atoms with Gasteiger partial charge in [-0.15, -0.1) is 0 Å². The molecule has 1 N–H and O–H groups in total. The Bertz CT molecular complexity index is 805. The van der Waals surface area contributed by atoms with Gasteiger partial charge in [0.05, 0.1) is 12.3 Å². The number of oxazole rings is 1. The Kier molecular flexibility index (Phi) is 5.89. The lowest BCUT2D eigenvalue weighted by Crippen LogP contribution is -2.06. The summed E-state index contributed by atoms with van der Waals surface area (Å²) in [5, 5.41) is 8.74.